The average molecular weight is 255 g/mol. The van der Waals surface area contributed by atoms with E-state index in [4.69, 9.17) is 0 Å². The zero-order chi connectivity index (χ0) is 13.1. The third-order valence-corrected chi connectivity index (χ3v) is 4.26. The zero-order valence-corrected chi connectivity index (χ0v) is 11.3. The monoisotopic (exact) mass is 255 g/mol. The molecule has 2 aliphatic rings. The topological polar surface area (TPSA) is 29.1 Å². The van der Waals surface area contributed by atoms with E-state index in [-0.39, 0.29) is 5.78 Å². The Morgan fingerprint density at radius 3 is 2.47 bits per heavy atom. The highest BCUT2D eigenvalue weighted by Gasteiger charge is 2.24. The molecule has 0 aliphatic heterocycles. The smallest absolute Gasteiger partial charge is 0.158 e. The minimum absolute atomic E-state index is 0.264. The van der Waals surface area contributed by atoms with Crippen LogP contribution in [-0.4, -0.2) is 11.8 Å². The molecule has 2 heteroatoms. The van der Waals surface area contributed by atoms with Crippen molar-refractivity contribution in [3.8, 4) is 0 Å². The first-order valence-electron chi connectivity index (χ1n) is 7.36. The number of nitrogens with one attached hydrogen (secondary N) is 1. The molecule has 2 aliphatic carbocycles. The quantitative estimate of drug-likeness (QED) is 0.895. The van der Waals surface area contributed by atoms with Gasteiger partial charge in [0, 0.05) is 24.2 Å². The molecule has 2 nitrogen and oxygen atoms in total. The number of allylic oxidation sites excluding steroid dienone is 2. The predicted molar refractivity (Wildman–Crippen MR) is 76.9 cm³/mol. The van der Waals surface area contributed by atoms with E-state index in [1.807, 2.05) is 12.1 Å². The molecule has 0 bridgehead atoms. The molecule has 0 saturated heterocycles. The van der Waals surface area contributed by atoms with E-state index in [0.717, 1.165) is 12.1 Å². The lowest BCUT2D eigenvalue weighted by atomic mass is 9.85. The van der Waals surface area contributed by atoms with Gasteiger partial charge in [0.15, 0.2) is 5.78 Å². The molecule has 19 heavy (non-hydrogen) atoms. The number of hydrogen-bond acceptors (Lipinski definition) is 2. The van der Waals surface area contributed by atoms with Crippen LogP contribution >= 0.6 is 0 Å². The zero-order valence-electron chi connectivity index (χ0n) is 11.3. The summed E-state index contributed by atoms with van der Waals surface area (Å²) >= 11 is 0. The van der Waals surface area contributed by atoms with Gasteiger partial charge in [0.1, 0.15) is 0 Å². The maximum Gasteiger partial charge on any atom is 0.158 e. The van der Waals surface area contributed by atoms with Crippen LogP contribution in [-0.2, 0) is 4.79 Å². The van der Waals surface area contributed by atoms with Crippen molar-refractivity contribution >= 4 is 5.78 Å². The number of carbonyl (C=O) groups is 1. The maximum atomic E-state index is 11.9. The summed E-state index contributed by atoms with van der Waals surface area (Å²) in [5.74, 6) is 0.614. The van der Waals surface area contributed by atoms with E-state index in [0.29, 0.717) is 18.4 Å². The normalized spacial score (nSPS) is 24.3. The van der Waals surface area contributed by atoms with Gasteiger partial charge in [-0.1, -0.05) is 43.2 Å². The van der Waals surface area contributed by atoms with Gasteiger partial charge in [0.05, 0.1) is 0 Å². The fraction of sp³-hybridized carbons (Fsp3) is 0.471. The first-order chi connectivity index (χ1) is 9.31. The number of ketones is 1. The summed E-state index contributed by atoms with van der Waals surface area (Å²) in [5.41, 5.74) is 2.44. The summed E-state index contributed by atoms with van der Waals surface area (Å²) in [6.07, 6.45) is 8.61. The van der Waals surface area contributed by atoms with Gasteiger partial charge in [-0.3, -0.25) is 4.79 Å². The first kappa shape index (κ1) is 12.5. The second-order valence-electron chi connectivity index (χ2n) is 5.78. The van der Waals surface area contributed by atoms with Gasteiger partial charge in [0.2, 0.25) is 0 Å². The summed E-state index contributed by atoms with van der Waals surface area (Å²) in [5, 5.41) is 3.59. The van der Waals surface area contributed by atoms with E-state index in [1.165, 1.54) is 31.2 Å². The average Bonchev–Trinajstić information content (AvgIpc) is 2.92. The first-order valence-corrected chi connectivity index (χ1v) is 7.36. The fourth-order valence-electron chi connectivity index (χ4n) is 3.29. The van der Waals surface area contributed by atoms with Crippen LogP contribution in [0.2, 0.25) is 0 Å². The third kappa shape index (κ3) is 3.06. The Balaban J connectivity index is 1.70. The van der Waals surface area contributed by atoms with Crippen molar-refractivity contribution in [2.24, 2.45) is 0 Å². The van der Waals surface area contributed by atoms with Crippen molar-refractivity contribution in [1.82, 2.24) is 5.32 Å². The Morgan fingerprint density at radius 2 is 1.74 bits per heavy atom. The van der Waals surface area contributed by atoms with Crippen molar-refractivity contribution in [3.05, 3.63) is 47.7 Å². The van der Waals surface area contributed by atoms with Crippen LogP contribution in [0.25, 0.3) is 0 Å². The summed E-state index contributed by atoms with van der Waals surface area (Å²) in [7, 11) is 0. The minimum Gasteiger partial charge on any atom is -0.385 e. The van der Waals surface area contributed by atoms with Crippen LogP contribution in [0, 0.1) is 0 Å². The highest BCUT2D eigenvalue weighted by atomic mass is 16.1. The molecule has 1 saturated carbocycles. The second kappa shape index (κ2) is 5.60. The molecule has 0 unspecified atom stereocenters. The van der Waals surface area contributed by atoms with E-state index in [1.54, 1.807) is 0 Å². The standard InChI is InChI=1S/C17H21NO/c19-17-11-14(13-6-2-1-3-7-13)10-16(12-17)18-15-8-4-5-9-15/h1-3,6-7,12,14-15,18H,4-5,8-11H2/t14-/m0/s1. The van der Waals surface area contributed by atoms with Crippen molar-refractivity contribution in [3.63, 3.8) is 0 Å². The van der Waals surface area contributed by atoms with E-state index < -0.39 is 0 Å². The minimum atomic E-state index is 0.264. The molecule has 0 aromatic heterocycles. The van der Waals surface area contributed by atoms with Gasteiger partial charge in [-0.05, 0) is 30.7 Å². The van der Waals surface area contributed by atoms with E-state index in [2.05, 4.69) is 29.6 Å². The van der Waals surface area contributed by atoms with Gasteiger partial charge in [-0.25, -0.2) is 0 Å². The molecule has 0 amide bonds. The maximum absolute atomic E-state index is 11.9. The van der Waals surface area contributed by atoms with Gasteiger partial charge < -0.3 is 5.32 Å². The second-order valence-corrected chi connectivity index (χ2v) is 5.78. The molecule has 0 spiro atoms. The van der Waals surface area contributed by atoms with Crippen molar-refractivity contribution in [1.29, 1.82) is 0 Å². The molecular weight excluding hydrogens is 234 g/mol. The van der Waals surface area contributed by atoms with Gasteiger partial charge in [-0.2, -0.15) is 0 Å². The molecule has 1 aromatic carbocycles. The van der Waals surface area contributed by atoms with E-state index in [9.17, 15) is 4.79 Å². The lowest BCUT2D eigenvalue weighted by molar-refractivity contribution is -0.115. The Kier molecular flexibility index (Phi) is 3.67. The third-order valence-electron chi connectivity index (χ3n) is 4.26. The predicted octanol–water partition coefficient (Wildman–Crippen LogP) is 3.55. The van der Waals surface area contributed by atoms with Crippen LogP contribution in [0.3, 0.4) is 0 Å². The fourth-order valence-corrected chi connectivity index (χ4v) is 3.29. The SMILES string of the molecule is O=C1C=C(NC2CCCC2)C[C@H](c2ccccc2)C1. The molecular formula is C17H21NO. The van der Waals surface area contributed by atoms with Gasteiger partial charge >= 0.3 is 0 Å². The lowest BCUT2D eigenvalue weighted by Gasteiger charge is -2.25. The van der Waals surface area contributed by atoms with Gasteiger partial charge in [0.25, 0.3) is 0 Å². The number of carbonyl (C=O) groups excluding carboxylic acids is 1. The lowest BCUT2D eigenvalue weighted by Crippen LogP contribution is -2.29. The molecule has 3 rings (SSSR count). The van der Waals surface area contributed by atoms with Crippen LogP contribution in [0.1, 0.15) is 50.0 Å². The Hall–Kier alpha value is -1.57. The van der Waals surface area contributed by atoms with Crippen LogP contribution in [0.15, 0.2) is 42.1 Å². The number of rotatable bonds is 3. The molecule has 1 aromatic rings. The largest absolute Gasteiger partial charge is 0.385 e. The molecule has 100 valence electrons. The Labute approximate surface area is 114 Å². The highest BCUT2D eigenvalue weighted by Crippen LogP contribution is 2.31. The van der Waals surface area contributed by atoms with Crippen LogP contribution in [0.4, 0.5) is 0 Å². The van der Waals surface area contributed by atoms with Crippen LogP contribution < -0.4 is 5.32 Å². The summed E-state index contributed by atoms with van der Waals surface area (Å²) in [6, 6.07) is 11.0. The Morgan fingerprint density at radius 1 is 1.00 bits per heavy atom. The molecule has 1 N–H and O–H groups in total. The van der Waals surface area contributed by atoms with Crippen molar-refractivity contribution < 1.29 is 4.79 Å². The summed E-state index contributed by atoms with van der Waals surface area (Å²) in [4.78, 5) is 11.9. The highest BCUT2D eigenvalue weighted by molar-refractivity contribution is 5.92. The summed E-state index contributed by atoms with van der Waals surface area (Å²) in [6.45, 7) is 0. The number of benzene rings is 1. The van der Waals surface area contributed by atoms with E-state index >= 15 is 0 Å². The molecule has 0 heterocycles. The Bertz CT molecular complexity index is 471. The molecule has 1 fully saturated rings. The van der Waals surface area contributed by atoms with Gasteiger partial charge in [-0.15, -0.1) is 0 Å². The van der Waals surface area contributed by atoms with Crippen molar-refractivity contribution in [2.75, 3.05) is 0 Å². The van der Waals surface area contributed by atoms with Crippen LogP contribution in [0.5, 0.6) is 0 Å². The molecule has 0 radical (unpaired) electrons. The van der Waals surface area contributed by atoms with Crippen molar-refractivity contribution in [2.45, 2.75) is 50.5 Å². The molecule has 1 atom stereocenters. The summed E-state index contributed by atoms with van der Waals surface area (Å²) < 4.78 is 0. The number of hydrogen-bond donors (Lipinski definition) is 1.